The lowest BCUT2D eigenvalue weighted by atomic mass is 10.2. The van der Waals surface area contributed by atoms with Crippen LogP contribution >= 0.6 is 11.6 Å². The molecule has 0 aliphatic rings. The van der Waals surface area contributed by atoms with Crippen LogP contribution in [0, 0.1) is 6.92 Å². The molecule has 1 aromatic rings. The number of anilines is 1. The van der Waals surface area contributed by atoms with E-state index in [1.165, 1.54) is 13.1 Å². The van der Waals surface area contributed by atoms with E-state index in [4.69, 9.17) is 11.6 Å². The van der Waals surface area contributed by atoms with Crippen molar-refractivity contribution in [3.05, 3.63) is 22.7 Å². The van der Waals surface area contributed by atoms with Gasteiger partial charge in [0.2, 0.25) is 5.91 Å². The van der Waals surface area contributed by atoms with Gasteiger partial charge < -0.3 is 10.6 Å². The molecule has 1 rings (SSSR count). The zero-order chi connectivity index (χ0) is 13.9. The number of carbonyl (C=O) groups is 1. The number of halogens is 1. The van der Waals surface area contributed by atoms with Gasteiger partial charge in [0, 0.05) is 24.0 Å². The SMILES string of the molecule is CNC(=O)CNc1cc(Cl)cc(S(C)(=O)=O)c1C. The molecule has 1 aromatic carbocycles. The van der Waals surface area contributed by atoms with E-state index < -0.39 is 9.84 Å². The standard InChI is InChI=1S/C11H15ClN2O3S/c1-7-9(14-6-11(15)13-2)4-8(12)5-10(7)18(3,16)17/h4-5,14H,6H2,1-3H3,(H,13,15). The maximum absolute atomic E-state index is 11.6. The summed E-state index contributed by atoms with van der Waals surface area (Å²) in [6.45, 7) is 1.72. The molecule has 0 aromatic heterocycles. The number of likely N-dealkylation sites (N-methyl/N-ethyl adjacent to an activating group) is 1. The van der Waals surface area contributed by atoms with Crippen LogP contribution in [0.5, 0.6) is 0 Å². The van der Waals surface area contributed by atoms with Crippen molar-refractivity contribution in [1.82, 2.24) is 5.32 Å². The van der Waals surface area contributed by atoms with Crippen molar-refractivity contribution in [1.29, 1.82) is 0 Å². The van der Waals surface area contributed by atoms with Crippen molar-refractivity contribution in [3.8, 4) is 0 Å². The second-order valence-corrected chi connectivity index (χ2v) is 6.30. The normalized spacial score (nSPS) is 11.1. The first-order valence-corrected chi connectivity index (χ1v) is 7.47. The summed E-state index contributed by atoms with van der Waals surface area (Å²) >= 11 is 5.87. The molecule has 2 N–H and O–H groups in total. The average Bonchev–Trinajstić information content (AvgIpc) is 2.27. The van der Waals surface area contributed by atoms with E-state index in [-0.39, 0.29) is 17.3 Å². The highest BCUT2D eigenvalue weighted by atomic mass is 35.5. The van der Waals surface area contributed by atoms with Crippen LogP contribution in [0.15, 0.2) is 17.0 Å². The third kappa shape index (κ3) is 3.61. The monoisotopic (exact) mass is 290 g/mol. The average molecular weight is 291 g/mol. The van der Waals surface area contributed by atoms with E-state index >= 15 is 0 Å². The number of hydrogen-bond acceptors (Lipinski definition) is 4. The van der Waals surface area contributed by atoms with Crippen molar-refractivity contribution in [3.63, 3.8) is 0 Å². The summed E-state index contributed by atoms with van der Waals surface area (Å²) < 4.78 is 23.2. The minimum Gasteiger partial charge on any atom is -0.376 e. The van der Waals surface area contributed by atoms with Crippen LogP contribution in [0.25, 0.3) is 0 Å². The van der Waals surface area contributed by atoms with Crippen LogP contribution in [0.3, 0.4) is 0 Å². The van der Waals surface area contributed by atoms with Gasteiger partial charge in [-0.2, -0.15) is 0 Å². The van der Waals surface area contributed by atoms with Crippen LogP contribution in [0.1, 0.15) is 5.56 Å². The highest BCUT2D eigenvalue weighted by molar-refractivity contribution is 7.90. The van der Waals surface area contributed by atoms with Gasteiger partial charge in [0.05, 0.1) is 11.4 Å². The predicted molar refractivity (Wildman–Crippen MR) is 71.9 cm³/mol. The maximum Gasteiger partial charge on any atom is 0.239 e. The van der Waals surface area contributed by atoms with Gasteiger partial charge in [-0.05, 0) is 24.6 Å². The third-order valence-corrected chi connectivity index (χ3v) is 3.88. The lowest BCUT2D eigenvalue weighted by Crippen LogP contribution is -2.26. The Morgan fingerprint density at radius 2 is 2.00 bits per heavy atom. The van der Waals surface area contributed by atoms with Gasteiger partial charge in [-0.15, -0.1) is 0 Å². The molecule has 7 heteroatoms. The zero-order valence-corrected chi connectivity index (χ0v) is 11.9. The summed E-state index contributed by atoms with van der Waals surface area (Å²) in [6.07, 6.45) is 1.12. The first kappa shape index (κ1) is 14.8. The Kier molecular flexibility index (Phi) is 4.59. The zero-order valence-electron chi connectivity index (χ0n) is 10.4. The molecule has 0 fully saturated rings. The first-order chi connectivity index (χ1) is 8.25. The van der Waals surface area contributed by atoms with Gasteiger partial charge in [0.1, 0.15) is 0 Å². The number of carbonyl (C=O) groups excluding carboxylic acids is 1. The maximum atomic E-state index is 11.6. The van der Waals surface area contributed by atoms with Crippen molar-refractivity contribution >= 4 is 33.0 Å². The Morgan fingerprint density at radius 3 is 2.50 bits per heavy atom. The van der Waals surface area contributed by atoms with Crippen LogP contribution in [0.4, 0.5) is 5.69 Å². The van der Waals surface area contributed by atoms with Gasteiger partial charge in [0.15, 0.2) is 9.84 Å². The van der Waals surface area contributed by atoms with Crippen molar-refractivity contribution in [2.24, 2.45) is 0 Å². The number of hydrogen-bond donors (Lipinski definition) is 2. The lowest BCUT2D eigenvalue weighted by Gasteiger charge is -2.12. The molecule has 0 atom stereocenters. The molecule has 100 valence electrons. The van der Waals surface area contributed by atoms with E-state index in [0.717, 1.165) is 6.26 Å². The van der Waals surface area contributed by atoms with Crippen LogP contribution < -0.4 is 10.6 Å². The Labute approximate surface area is 111 Å². The molecular formula is C11H15ClN2O3S. The minimum absolute atomic E-state index is 0.0564. The molecule has 0 aliphatic carbocycles. The Bertz CT molecular complexity index is 570. The summed E-state index contributed by atoms with van der Waals surface area (Å²) in [7, 11) is -1.82. The van der Waals surface area contributed by atoms with Crippen LogP contribution in [-0.2, 0) is 14.6 Å². The summed E-state index contributed by atoms with van der Waals surface area (Å²) in [5.74, 6) is -0.199. The molecule has 0 heterocycles. The number of rotatable bonds is 4. The molecule has 0 aliphatic heterocycles. The molecule has 0 spiro atoms. The highest BCUT2D eigenvalue weighted by Crippen LogP contribution is 2.27. The molecular weight excluding hydrogens is 276 g/mol. The fourth-order valence-electron chi connectivity index (χ4n) is 1.49. The number of nitrogens with one attached hydrogen (secondary N) is 2. The van der Waals surface area contributed by atoms with E-state index in [0.29, 0.717) is 16.3 Å². The Morgan fingerprint density at radius 1 is 1.39 bits per heavy atom. The predicted octanol–water partition coefficient (Wildman–Crippen LogP) is 1.21. The molecule has 1 amide bonds. The van der Waals surface area contributed by atoms with E-state index in [1.54, 1.807) is 13.0 Å². The van der Waals surface area contributed by atoms with E-state index in [1.807, 2.05) is 0 Å². The smallest absolute Gasteiger partial charge is 0.239 e. The molecule has 0 bridgehead atoms. The summed E-state index contributed by atoms with van der Waals surface area (Å²) in [6, 6.07) is 2.99. The van der Waals surface area contributed by atoms with Gasteiger partial charge in [-0.1, -0.05) is 11.6 Å². The summed E-state index contributed by atoms with van der Waals surface area (Å²) in [5, 5.41) is 5.62. The molecule has 18 heavy (non-hydrogen) atoms. The second-order valence-electron chi connectivity index (χ2n) is 3.88. The highest BCUT2D eigenvalue weighted by Gasteiger charge is 2.15. The molecule has 0 saturated carbocycles. The van der Waals surface area contributed by atoms with Gasteiger partial charge in [-0.25, -0.2) is 8.42 Å². The van der Waals surface area contributed by atoms with Crippen LogP contribution in [-0.4, -0.2) is 34.2 Å². The number of amides is 1. The van der Waals surface area contributed by atoms with Crippen molar-refractivity contribution < 1.29 is 13.2 Å². The molecule has 0 saturated heterocycles. The summed E-state index contributed by atoms with van der Waals surface area (Å²) in [4.78, 5) is 11.3. The van der Waals surface area contributed by atoms with E-state index in [2.05, 4.69) is 10.6 Å². The third-order valence-electron chi connectivity index (χ3n) is 2.44. The minimum atomic E-state index is -3.35. The fraction of sp³-hybridized carbons (Fsp3) is 0.364. The van der Waals surface area contributed by atoms with E-state index in [9.17, 15) is 13.2 Å². The number of sulfone groups is 1. The second kappa shape index (κ2) is 5.58. The van der Waals surface area contributed by atoms with Crippen molar-refractivity contribution in [2.45, 2.75) is 11.8 Å². The molecule has 0 unspecified atom stereocenters. The summed E-state index contributed by atoms with van der Waals surface area (Å²) in [5.41, 5.74) is 1.08. The van der Waals surface area contributed by atoms with Gasteiger partial charge >= 0.3 is 0 Å². The fourth-order valence-corrected chi connectivity index (χ4v) is 2.78. The van der Waals surface area contributed by atoms with Crippen LogP contribution in [0.2, 0.25) is 5.02 Å². The molecule has 0 radical (unpaired) electrons. The first-order valence-electron chi connectivity index (χ1n) is 5.20. The lowest BCUT2D eigenvalue weighted by molar-refractivity contribution is -0.118. The molecule has 5 nitrogen and oxygen atoms in total. The topological polar surface area (TPSA) is 75.3 Å². The largest absolute Gasteiger partial charge is 0.376 e. The Balaban J connectivity index is 3.14. The Hall–Kier alpha value is -1.27. The van der Waals surface area contributed by atoms with Gasteiger partial charge in [0.25, 0.3) is 0 Å². The quantitative estimate of drug-likeness (QED) is 0.874. The van der Waals surface area contributed by atoms with Gasteiger partial charge in [-0.3, -0.25) is 4.79 Å². The van der Waals surface area contributed by atoms with Crippen molar-refractivity contribution in [2.75, 3.05) is 25.2 Å². The number of benzene rings is 1.